The summed E-state index contributed by atoms with van der Waals surface area (Å²) in [5, 5.41) is 5.91. The van der Waals surface area contributed by atoms with Gasteiger partial charge in [0.2, 0.25) is 0 Å². The van der Waals surface area contributed by atoms with Crippen LogP contribution in [0.1, 0.15) is 36.1 Å². The van der Waals surface area contributed by atoms with Crippen LogP contribution in [-0.2, 0) is 11.3 Å². The topological polar surface area (TPSA) is 53.6 Å². The van der Waals surface area contributed by atoms with Gasteiger partial charge in [-0.3, -0.25) is 4.90 Å². The molecule has 1 fully saturated rings. The molecule has 25 heavy (non-hydrogen) atoms. The van der Waals surface area contributed by atoms with Gasteiger partial charge in [0.15, 0.2) is 0 Å². The van der Waals surface area contributed by atoms with Crippen molar-refractivity contribution >= 4 is 6.03 Å². The Bertz CT molecular complexity index is 563. The molecule has 1 atom stereocenters. The first-order valence-corrected chi connectivity index (χ1v) is 9.27. The third-order valence-electron chi connectivity index (χ3n) is 4.60. The highest BCUT2D eigenvalue weighted by Gasteiger charge is 2.21. The maximum atomic E-state index is 12.1. The van der Waals surface area contributed by atoms with Gasteiger partial charge in [-0.05, 0) is 43.4 Å². The second kappa shape index (κ2) is 9.20. The number of nitrogens with one attached hydrogen (secondary N) is 2. The molecule has 1 unspecified atom stereocenters. The van der Waals surface area contributed by atoms with Crippen LogP contribution in [0.5, 0.6) is 0 Å². The van der Waals surface area contributed by atoms with Crippen LogP contribution in [0.15, 0.2) is 12.1 Å². The number of carbonyl (C=O) groups excluding carboxylic acids is 1. The van der Waals surface area contributed by atoms with E-state index in [1.54, 1.807) is 0 Å². The fourth-order valence-electron chi connectivity index (χ4n) is 3.51. The number of carbonyl (C=O) groups is 1. The number of morpholine rings is 1. The highest BCUT2D eigenvalue weighted by atomic mass is 16.5. The summed E-state index contributed by atoms with van der Waals surface area (Å²) in [6.45, 7) is 15.5. The number of rotatable bonds is 6. The van der Waals surface area contributed by atoms with E-state index in [0.717, 1.165) is 26.2 Å². The average Bonchev–Trinajstić information content (AvgIpc) is 2.51. The lowest BCUT2D eigenvalue weighted by Gasteiger charge is -2.33. The van der Waals surface area contributed by atoms with Gasteiger partial charge in [0.05, 0.1) is 12.7 Å². The lowest BCUT2D eigenvalue weighted by molar-refractivity contribution is -0.0290. The lowest BCUT2D eigenvalue weighted by atomic mass is 10.00. The van der Waals surface area contributed by atoms with E-state index in [1.807, 2.05) is 0 Å². The summed E-state index contributed by atoms with van der Waals surface area (Å²) in [6, 6.07) is 4.17. The summed E-state index contributed by atoms with van der Waals surface area (Å²) in [5.41, 5.74) is 4.89. The van der Waals surface area contributed by atoms with E-state index in [-0.39, 0.29) is 12.1 Å². The van der Waals surface area contributed by atoms with E-state index in [9.17, 15) is 4.79 Å². The molecule has 1 aliphatic heterocycles. The number of hydrogen-bond donors (Lipinski definition) is 2. The molecule has 2 amide bonds. The minimum Gasteiger partial charge on any atom is -0.374 e. The number of ether oxygens (including phenoxy) is 1. The normalized spacial score (nSPS) is 18.4. The van der Waals surface area contributed by atoms with Crippen molar-refractivity contribution in [1.29, 1.82) is 0 Å². The summed E-state index contributed by atoms with van der Waals surface area (Å²) in [5.74, 6) is 0.649. The van der Waals surface area contributed by atoms with Crippen LogP contribution in [0.2, 0.25) is 0 Å². The Balaban J connectivity index is 1.76. The smallest absolute Gasteiger partial charge is 0.315 e. The molecule has 1 heterocycles. The number of hydrogen-bond acceptors (Lipinski definition) is 3. The van der Waals surface area contributed by atoms with Crippen molar-refractivity contribution in [3.8, 4) is 0 Å². The van der Waals surface area contributed by atoms with Crippen LogP contribution in [0, 0.1) is 26.7 Å². The van der Waals surface area contributed by atoms with Gasteiger partial charge in [0.25, 0.3) is 0 Å². The van der Waals surface area contributed by atoms with Gasteiger partial charge >= 0.3 is 6.03 Å². The van der Waals surface area contributed by atoms with Gasteiger partial charge in [0, 0.05) is 32.7 Å². The Labute approximate surface area is 152 Å². The fourth-order valence-corrected chi connectivity index (χ4v) is 3.51. The molecule has 0 radical (unpaired) electrons. The van der Waals surface area contributed by atoms with Gasteiger partial charge in [-0.25, -0.2) is 4.79 Å². The minimum absolute atomic E-state index is 0.0705. The van der Waals surface area contributed by atoms with E-state index in [1.165, 1.54) is 22.3 Å². The molecule has 0 bridgehead atoms. The first-order valence-electron chi connectivity index (χ1n) is 9.27. The third kappa shape index (κ3) is 6.33. The zero-order valence-electron chi connectivity index (χ0n) is 16.3. The van der Waals surface area contributed by atoms with Crippen molar-refractivity contribution in [3.63, 3.8) is 0 Å². The van der Waals surface area contributed by atoms with Crippen LogP contribution in [0.4, 0.5) is 4.79 Å². The van der Waals surface area contributed by atoms with E-state index in [4.69, 9.17) is 4.74 Å². The third-order valence-corrected chi connectivity index (χ3v) is 4.60. The predicted octanol–water partition coefficient (Wildman–Crippen LogP) is 2.77. The van der Waals surface area contributed by atoms with Crippen molar-refractivity contribution in [2.24, 2.45) is 5.92 Å². The molecular weight excluding hydrogens is 314 g/mol. The largest absolute Gasteiger partial charge is 0.374 e. The van der Waals surface area contributed by atoms with E-state index >= 15 is 0 Å². The molecule has 2 N–H and O–H groups in total. The van der Waals surface area contributed by atoms with Crippen LogP contribution in [0.3, 0.4) is 0 Å². The molecule has 140 valence electrons. The predicted molar refractivity (Wildman–Crippen MR) is 102 cm³/mol. The minimum atomic E-state index is -0.135. The monoisotopic (exact) mass is 347 g/mol. The molecule has 0 spiro atoms. The van der Waals surface area contributed by atoms with Gasteiger partial charge in [-0.15, -0.1) is 0 Å². The Kier molecular flexibility index (Phi) is 7.26. The molecule has 0 saturated carbocycles. The van der Waals surface area contributed by atoms with Crippen LogP contribution < -0.4 is 10.6 Å². The quantitative estimate of drug-likeness (QED) is 0.832. The second-order valence-corrected chi connectivity index (χ2v) is 7.59. The molecule has 5 heteroatoms. The van der Waals surface area contributed by atoms with Gasteiger partial charge in [0.1, 0.15) is 0 Å². The van der Waals surface area contributed by atoms with Crippen LogP contribution in [-0.4, -0.2) is 49.8 Å². The van der Waals surface area contributed by atoms with Gasteiger partial charge in [-0.1, -0.05) is 31.5 Å². The first-order chi connectivity index (χ1) is 11.8. The molecule has 5 nitrogen and oxygen atoms in total. The maximum Gasteiger partial charge on any atom is 0.315 e. The van der Waals surface area contributed by atoms with Crippen LogP contribution in [0.25, 0.3) is 0 Å². The fraction of sp³-hybridized carbons (Fsp3) is 0.650. The number of amides is 2. The molecular formula is C20H33N3O2. The Morgan fingerprint density at radius 1 is 1.24 bits per heavy atom. The average molecular weight is 348 g/mol. The standard InChI is InChI=1S/C20H33N3O2/c1-14(2)12-23-6-7-25-18(13-23)10-21-20(24)22-11-19-16(4)8-15(3)9-17(19)5/h8-9,14,18H,6-7,10-13H2,1-5H3,(H2,21,22,24). The molecule has 0 aromatic heterocycles. The first kappa shape index (κ1) is 19.7. The zero-order valence-corrected chi connectivity index (χ0v) is 16.3. The lowest BCUT2D eigenvalue weighted by Crippen LogP contribution is -2.49. The molecule has 1 aliphatic rings. The van der Waals surface area contributed by atoms with E-state index in [0.29, 0.717) is 19.0 Å². The highest BCUT2D eigenvalue weighted by Crippen LogP contribution is 2.16. The molecule has 2 rings (SSSR count). The summed E-state index contributed by atoms with van der Waals surface area (Å²) in [6.07, 6.45) is 0.0705. The summed E-state index contributed by atoms with van der Waals surface area (Å²) in [4.78, 5) is 14.5. The zero-order chi connectivity index (χ0) is 18.4. The molecule has 1 aromatic carbocycles. The Morgan fingerprint density at radius 3 is 2.56 bits per heavy atom. The number of urea groups is 1. The summed E-state index contributed by atoms with van der Waals surface area (Å²) >= 11 is 0. The summed E-state index contributed by atoms with van der Waals surface area (Å²) < 4.78 is 5.77. The molecule has 0 aliphatic carbocycles. The SMILES string of the molecule is Cc1cc(C)c(CNC(=O)NCC2CN(CC(C)C)CCO2)c(C)c1. The number of aryl methyl sites for hydroxylation is 3. The number of benzene rings is 1. The van der Waals surface area contributed by atoms with Crippen LogP contribution >= 0.6 is 0 Å². The molecule has 1 aromatic rings. The summed E-state index contributed by atoms with van der Waals surface area (Å²) in [7, 11) is 0. The number of nitrogens with zero attached hydrogens (tertiary/aromatic N) is 1. The highest BCUT2D eigenvalue weighted by molar-refractivity contribution is 5.73. The van der Waals surface area contributed by atoms with Crippen molar-refractivity contribution in [1.82, 2.24) is 15.5 Å². The van der Waals surface area contributed by atoms with Crippen molar-refractivity contribution in [2.75, 3.05) is 32.8 Å². The maximum absolute atomic E-state index is 12.1. The Hall–Kier alpha value is -1.59. The van der Waals surface area contributed by atoms with Gasteiger partial charge in [-0.2, -0.15) is 0 Å². The van der Waals surface area contributed by atoms with Gasteiger partial charge < -0.3 is 15.4 Å². The molecule has 1 saturated heterocycles. The second-order valence-electron chi connectivity index (χ2n) is 7.59. The Morgan fingerprint density at radius 2 is 1.92 bits per heavy atom. The van der Waals surface area contributed by atoms with Crippen molar-refractivity contribution in [3.05, 3.63) is 34.4 Å². The van der Waals surface area contributed by atoms with E-state index < -0.39 is 0 Å². The van der Waals surface area contributed by atoms with Crippen molar-refractivity contribution < 1.29 is 9.53 Å². The van der Waals surface area contributed by atoms with Crippen molar-refractivity contribution in [2.45, 2.75) is 47.3 Å². The van der Waals surface area contributed by atoms with E-state index in [2.05, 4.69) is 62.3 Å².